The Kier molecular flexibility index (Phi) is 9.63. The minimum atomic E-state index is -0.802. The van der Waals surface area contributed by atoms with Crippen LogP contribution in [0.1, 0.15) is 60.9 Å². The van der Waals surface area contributed by atoms with Crippen LogP contribution in [0, 0.1) is 0 Å². The van der Waals surface area contributed by atoms with E-state index in [0.29, 0.717) is 29.9 Å². The number of carbonyl (C=O) groups is 4. The van der Waals surface area contributed by atoms with Gasteiger partial charge in [-0.3, -0.25) is 9.59 Å². The first-order chi connectivity index (χ1) is 18.8. The highest BCUT2D eigenvalue weighted by Crippen LogP contribution is 2.39. The quantitative estimate of drug-likeness (QED) is 0.223. The molecule has 0 aliphatic carbocycles. The summed E-state index contributed by atoms with van der Waals surface area (Å²) in [5, 5.41) is 19.4. The van der Waals surface area contributed by atoms with Gasteiger partial charge in [-0.1, -0.05) is 0 Å². The monoisotopic (exact) mass is 547 g/mol. The lowest BCUT2D eigenvalue weighted by molar-refractivity contribution is -0.115. The van der Waals surface area contributed by atoms with Crippen molar-refractivity contribution in [2.45, 2.75) is 46.6 Å². The van der Waals surface area contributed by atoms with Crippen molar-refractivity contribution in [3.8, 4) is 17.2 Å². The highest BCUT2D eigenvalue weighted by Gasteiger charge is 2.22. The molecule has 10 nitrogen and oxygen atoms in total. The van der Waals surface area contributed by atoms with Gasteiger partial charge in [-0.05, 0) is 100.0 Å². The van der Waals surface area contributed by atoms with Crippen molar-refractivity contribution < 1.29 is 33.8 Å². The predicted octanol–water partition coefficient (Wildman–Crippen LogP) is 4.68. The number of nitrogens with one attached hydrogen (secondary N) is 3. The number of hydrogen-bond donors (Lipinski definition) is 4. The average molecular weight is 548 g/mol. The highest BCUT2D eigenvalue weighted by molar-refractivity contribution is 5.95. The average Bonchev–Trinajstić information content (AvgIpc) is 2.85. The van der Waals surface area contributed by atoms with Crippen LogP contribution >= 0.6 is 0 Å². The molecule has 2 amide bonds. The fourth-order valence-corrected chi connectivity index (χ4v) is 3.64. The Bertz CT molecular complexity index is 1390. The third kappa shape index (κ3) is 8.95. The number of anilines is 2. The Morgan fingerprint density at radius 1 is 0.750 bits per heavy atom. The van der Waals surface area contributed by atoms with E-state index in [4.69, 9.17) is 9.47 Å². The van der Waals surface area contributed by atoms with Gasteiger partial charge in [-0.15, -0.1) is 0 Å². The normalized spacial score (nSPS) is 10.9. The summed E-state index contributed by atoms with van der Waals surface area (Å²) < 4.78 is 11.1. The number of carbonyl (C=O) groups excluding carboxylic acids is 4. The van der Waals surface area contributed by atoms with Crippen LogP contribution in [0.3, 0.4) is 0 Å². The Labute approximate surface area is 232 Å². The fraction of sp³-hybridized carbons (Fsp3) is 0.267. The Hall–Kier alpha value is -4.70. The first-order valence-corrected chi connectivity index (χ1v) is 12.6. The second-order valence-corrected chi connectivity index (χ2v) is 10.2. The number of amides is 2. The van der Waals surface area contributed by atoms with Gasteiger partial charge in [-0.2, -0.15) is 0 Å². The van der Waals surface area contributed by atoms with E-state index in [1.54, 1.807) is 12.1 Å². The second kappa shape index (κ2) is 12.9. The molecule has 0 bridgehead atoms. The number of phenols is 1. The summed E-state index contributed by atoms with van der Waals surface area (Å²) in [6, 6.07) is 15.0. The molecule has 3 aromatic rings. The van der Waals surface area contributed by atoms with Crippen LogP contribution in [-0.4, -0.2) is 40.9 Å². The third-order valence-corrected chi connectivity index (χ3v) is 5.44. The largest absolute Gasteiger partial charge is 0.504 e. The van der Waals surface area contributed by atoms with Gasteiger partial charge in [-0.25, -0.2) is 9.59 Å². The number of hydrogen-bond acceptors (Lipinski definition) is 8. The van der Waals surface area contributed by atoms with Crippen LogP contribution in [0.2, 0.25) is 0 Å². The van der Waals surface area contributed by atoms with Gasteiger partial charge >= 0.3 is 11.9 Å². The van der Waals surface area contributed by atoms with E-state index in [1.807, 2.05) is 20.8 Å². The molecule has 0 aromatic heterocycles. The van der Waals surface area contributed by atoms with Crippen molar-refractivity contribution in [3.63, 3.8) is 0 Å². The summed E-state index contributed by atoms with van der Waals surface area (Å²) in [6.07, 6.45) is 0.500. The lowest BCUT2D eigenvalue weighted by Crippen LogP contribution is -2.37. The predicted molar refractivity (Wildman–Crippen MR) is 151 cm³/mol. The first kappa shape index (κ1) is 29.9. The number of phenolic OH excluding ortho intramolecular Hbond substituents is 1. The molecule has 0 aliphatic heterocycles. The van der Waals surface area contributed by atoms with Crippen molar-refractivity contribution in [3.05, 3.63) is 77.4 Å². The lowest BCUT2D eigenvalue weighted by atomic mass is 10.1. The standard InChI is InChI=1S/C30H33N3O7/c1-18(34)32-23-10-6-21(7-11-23)28(37)39-26-17-20(14-15-31-30(3,4)5)16-25(36)27(26)40-29(38)22-8-12-24(13-9-22)33-19(2)35/h6-13,16-17,31,36H,14-15H2,1-5H3,(H,32,34)(H,33,35). The molecule has 4 N–H and O–H groups in total. The molecule has 0 heterocycles. The summed E-state index contributed by atoms with van der Waals surface area (Å²) in [4.78, 5) is 48.4. The molecular formula is C30H33N3O7. The maximum Gasteiger partial charge on any atom is 0.343 e. The van der Waals surface area contributed by atoms with E-state index in [9.17, 15) is 24.3 Å². The first-order valence-electron chi connectivity index (χ1n) is 12.6. The Morgan fingerprint density at radius 2 is 1.23 bits per heavy atom. The molecule has 3 rings (SSSR count). The van der Waals surface area contributed by atoms with Gasteiger partial charge in [0.1, 0.15) is 0 Å². The zero-order valence-electron chi connectivity index (χ0n) is 23.1. The zero-order valence-corrected chi connectivity index (χ0v) is 23.1. The van der Waals surface area contributed by atoms with Gasteiger partial charge < -0.3 is 30.5 Å². The van der Waals surface area contributed by atoms with Crippen molar-refractivity contribution in [2.24, 2.45) is 0 Å². The Morgan fingerprint density at radius 3 is 1.68 bits per heavy atom. The maximum atomic E-state index is 13.0. The minimum absolute atomic E-state index is 0.119. The smallest absolute Gasteiger partial charge is 0.343 e. The lowest BCUT2D eigenvalue weighted by Gasteiger charge is -2.20. The molecule has 3 aromatic carbocycles. The minimum Gasteiger partial charge on any atom is -0.504 e. The molecule has 0 saturated heterocycles. The topological polar surface area (TPSA) is 143 Å². The number of esters is 2. The van der Waals surface area contributed by atoms with Gasteiger partial charge in [0.05, 0.1) is 11.1 Å². The number of rotatable bonds is 9. The SMILES string of the molecule is CC(=O)Nc1ccc(C(=O)Oc2cc(CCNC(C)(C)C)cc(O)c2OC(=O)c2ccc(NC(C)=O)cc2)cc1. The van der Waals surface area contributed by atoms with E-state index in [1.165, 1.54) is 62.4 Å². The second-order valence-electron chi connectivity index (χ2n) is 10.2. The molecule has 0 radical (unpaired) electrons. The summed E-state index contributed by atoms with van der Waals surface area (Å²) in [5.74, 6) is -2.88. The molecule has 210 valence electrons. The van der Waals surface area contributed by atoms with Gasteiger partial charge in [0.2, 0.25) is 17.6 Å². The van der Waals surface area contributed by atoms with Crippen LogP contribution in [0.25, 0.3) is 0 Å². The molecule has 10 heteroatoms. The van der Waals surface area contributed by atoms with E-state index in [-0.39, 0.29) is 45.7 Å². The van der Waals surface area contributed by atoms with E-state index in [0.717, 1.165) is 0 Å². The molecule has 0 fully saturated rings. The van der Waals surface area contributed by atoms with Gasteiger partial charge in [0.25, 0.3) is 0 Å². The van der Waals surface area contributed by atoms with Gasteiger partial charge in [0, 0.05) is 30.8 Å². The molecule has 0 saturated carbocycles. The van der Waals surface area contributed by atoms with Crippen molar-refractivity contribution in [1.29, 1.82) is 0 Å². The molecular weight excluding hydrogens is 514 g/mol. The number of benzene rings is 3. The maximum absolute atomic E-state index is 13.0. The summed E-state index contributed by atoms with van der Waals surface area (Å²) >= 11 is 0. The van der Waals surface area contributed by atoms with E-state index >= 15 is 0 Å². The van der Waals surface area contributed by atoms with Crippen molar-refractivity contribution in [1.82, 2.24) is 5.32 Å². The third-order valence-electron chi connectivity index (χ3n) is 5.44. The summed E-state index contributed by atoms with van der Waals surface area (Å²) in [5.41, 5.74) is 1.87. The molecule has 40 heavy (non-hydrogen) atoms. The number of ether oxygens (including phenoxy) is 2. The highest BCUT2D eigenvalue weighted by atomic mass is 16.6. The van der Waals surface area contributed by atoms with Crippen LogP contribution in [0.15, 0.2) is 60.7 Å². The van der Waals surface area contributed by atoms with Crippen molar-refractivity contribution >= 4 is 35.1 Å². The molecule has 0 spiro atoms. The van der Waals surface area contributed by atoms with Gasteiger partial charge in [0.15, 0.2) is 11.5 Å². The van der Waals surface area contributed by atoms with Crippen LogP contribution in [-0.2, 0) is 16.0 Å². The fourth-order valence-electron chi connectivity index (χ4n) is 3.64. The van der Waals surface area contributed by atoms with Crippen LogP contribution < -0.4 is 25.4 Å². The summed E-state index contributed by atoms with van der Waals surface area (Å²) in [7, 11) is 0. The summed E-state index contributed by atoms with van der Waals surface area (Å²) in [6.45, 7) is 9.41. The van der Waals surface area contributed by atoms with Crippen molar-refractivity contribution in [2.75, 3.05) is 17.2 Å². The molecule has 0 aliphatic rings. The number of aromatic hydroxyl groups is 1. The van der Waals surface area contributed by atoms with E-state index in [2.05, 4.69) is 16.0 Å². The van der Waals surface area contributed by atoms with E-state index < -0.39 is 11.9 Å². The molecule has 0 atom stereocenters. The molecule has 0 unspecified atom stereocenters. The Balaban J connectivity index is 1.87. The zero-order chi connectivity index (χ0) is 29.4. The van der Waals surface area contributed by atoms with Crippen LogP contribution in [0.5, 0.6) is 17.2 Å². The van der Waals surface area contributed by atoms with Crippen LogP contribution in [0.4, 0.5) is 11.4 Å².